The first-order valence-corrected chi connectivity index (χ1v) is 10.3. The molecule has 0 unspecified atom stereocenters. The molecule has 1 spiro atoms. The molecule has 1 aliphatic carbocycles. The number of rotatable bonds is 3. The van der Waals surface area contributed by atoms with E-state index in [-0.39, 0.29) is 11.0 Å². The number of aryl methyl sites for hydroxylation is 1. The third kappa shape index (κ3) is 3.09. The van der Waals surface area contributed by atoms with E-state index in [0.29, 0.717) is 5.82 Å². The molecule has 1 fully saturated rings. The van der Waals surface area contributed by atoms with Gasteiger partial charge in [-0.3, -0.25) is 19.4 Å². The first-order valence-electron chi connectivity index (χ1n) is 10.3. The topological polar surface area (TPSA) is 79.7 Å². The number of likely N-dealkylation sites (tertiary alicyclic amines) is 1. The fourth-order valence-electron chi connectivity index (χ4n) is 4.86. The maximum atomic E-state index is 12.7. The second-order valence-electron chi connectivity index (χ2n) is 8.42. The largest absolute Gasteiger partial charge is 0.306 e. The van der Waals surface area contributed by atoms with E-state index in [2.05, 4.69) is 26.9 Å². The Labute approximate surface area is 169 Å². The fourth-order valence-corrected chi connectivity index (χ4v) is 4.86. The Morgan fingerprint density at radius 1 is 1.21 bits per heavy atom. The number of nitrogens with one attached hydrogen (secondary N) is 1. The maximum absolute atomic E-state index is 12.7. The van der Waals surface area contributed by atoms with E-state index in [1.54, 1.807) is 12.4 Å². The Balaban J connectivity index is 1.40. The van der Waals surface area contributed by atoms with Gasteiger partial charge in [0.1, 0.15) is 5.82 Å². The number of hydrogen-bond donors (Lipinski definition) is 1. The molecule has 0 saturated carbocycles. The Morgan fingerprint density at radius 2 is 2.03 bits per heavy atom. The number of hydrogen-bond acceptors (Lipinski definition) is 5. The predicted octanol–water partition coefficient (Wildman–Crippen LogP) is 2.35. The van der Waals surface area contributed by atoms with Crippen molar-refractivity contribution in [1.82, 2.24) is 29.6 Å². The fraction of sp³-hybridized carbons (Fsp3) is 0.455. The molecule has 0 bridgehead atoms. The smallest absolute Gasteiger partial charge is 0.254 e. The summed E-state index contributed by atoms with van der Waals surface area (Å²) in [4.78, 5) is 27.3. The van der Waals surface area contributed by atoms with E-state index in [0.717, 1.165) is 62.1 Å². The van der Waals surface area contributed by atoms with E-state index >= 15 is 0 Å². The minimum atomic E-state index is 0.0131. The Hall–Kier alpha value is -2.80. The highest BCUT2D eigenvalue weighted by molar-refractivity contribution is 5.54. The van der Waals surface area contributed by atoms with Crippen LogP contribution < -0.4 is 5.56 Å². The van der Waals surface area contributed by atoms with Crippen molar-refractivity contribution in [2.24, 2.45) is 7.05 Å². The first kappa shape index (κ1) is 18.2. The molecule has 3 aromatic heterocycles. The molecule has 7 heteroatoms. The summed E-state index contributed by atoms with van der Waals surface area (Å²) in [6.07, 6.45) is 9.40. The highest BCUT2D eigenvalue weighted by Gasteiger charge is 2.44. The van der Waals surface area contributed by atoms with Gasteiger partial charge in [-0.25, -0.2) is 4.98 Å². The second kappa shape index (κ2) is 6.91. The van der Waals surface area contributed by atoms with Crippen molar-refractivity contribution >= 4 is 0 Å². The van der Waals surface area contributed by atoms with Crippen LogP contribution in [0.25, 0.3) is 11.4 Å². The highest BCUT2D eigenvalue weighted by atomic mass is 16.1. The van der Waals surface area contributed by atoms with Gasteiger partial charge in [-0.05, 0) is 57.8 Å². The monoisotopic (exact) mass is 390 g/mol. The summed E-state index contributed by atoms with van der Waals surface area (Å²) in [6, 6.07) is 3.81. The lowest BCUT2D eigenvalue weighted by Crippen LogP contribution is -2.42. The van der Waals surface area contributed by atoms with Gasteiger partial charge in [0, 0.05) is 53.8 Å². The van der Waals surface area contributed by atoms with Crippen molar-refractivity contribution in [3.8, 4) is 11.4 Å². The third-order valence-electron chi connectivity index (χ3n) is 6.85. The molecular weight excluding hydrogens is 364 g/mol. The van der Waals surface area contributed by atoms with Gasteiger partial charge in [-0.15, -0.1) is 0 Å². The summed E-state index contributed by atoms with van der Waals surface area (Å²) < 4.78 is 1.93. The molecule has 5 rings (SSSR count). The van der Waals surface area contributed by atoms with E-state index in [1.165, 1.54) is 11.3 Å². The molecule has 7 nitrogen and oxygen atoms in total. The molecular formula is C22H26N6O. The summed E-state index contributed by atoms with van der Waals surface area (Å²) in [7, 11) is 1.99. The van der Waals surface area contributed by atoms with Crippen LogP contribution in [0.2, 0.25) is 0 Å². The highest BCUT2D eigenvalue weighted by Crippen LogP contribution is 2.44. The van der Waals surface area contributed by atoms with Gasteiger partial charge in [0.15, 0.2) is 0 Å². The molecule has 4 heterocycles. The van der Waals surface area contributed by atoms with Gasteiger partial charge in [0.25, 0.3) is 5.56 Å². The Kier molecular flexibility index (Phi) is 4.35. The number of pyridine rings is 1. The molecule has 0 amide bonds. The van der Waals surface area contributed by atoms with Crippen molar-refractivity contribution in [3.63, 3.8) is 0 Å². The number of fused-ring (bicyclic) bond motifs is 2. The molecule has 2 aliphatic rings. The standard InChI is InChI=1S/C22H26N6O/c1-15-17(13-24-27(15)2)14-28-10-7-22(8-11-28)6-5-18-19(22)25-20(26-21(18)29)16-4-3-9-23-12-16/h3-4,9,12-13H,5-8,10-11,14H2,1-2H3,(H,25,26,29). The molecule has 1 N–H and O–H groups in total. The summed E-state index contributed by atoms with van der Waals surface area (Å²) in [5.41, 5.74) is 5.33. The zero-order valence-electron chi connectivity index (χ0n) is 17.0. The maximum Gasteiger partial charge on any atom is 0.254 e. The van der Waals surface area contributed by atoms with Crippen LogP contribution in [0.3, 0.4) is 0 Å². The van der Waals surface area contributed by atoms with Crippen molar-refractivity contribution in [1.29, 1.82) is 0 Å². The van der Waals surface area contributed by atoms with Crippen LogP contribution >= 0.6 is 0 Å². The lowest BCUT2D eigenvalue weighted by atomic mass is 9.76. The lowest BCUT2D eigenvalue weighted by molar-refractivity contribution is 0.150. The van der Waals surface area contributed by atoms with Gasteiger partial charge in [-0.2, -0.15) is 5.10 Å². The van der Waals surface area contributed by atoms with Crippen LogP contribution in [0.1, 0.15) is 41.8 Å². The number of H-pyrrole nitrogens is 1. The van der Waals surface area contributed by atoms with Crippen LogP contribution in [0.5, 0.6) is 0 Å². The van der Waals surface area contributed by atoms with E-state index in [1.807, 2.05) is 30.1 Å². The van der Waals surface area contributed by atoms with Crippen LogP contribution in [0.4, 0.5) is 0 Å². The molecule has 3 aromatic rings. The van der Waals surface area contributed by atoms with Gasteiger partial charge in [0.05, 0.1) is 11.9 Å². The Morgan fingerprint density at radius 3 is 2.72 bits per heavy atom. The molecule has 0 aromatic carbocycles. The SMILES string of the molecule is Cc1c(CN2CCC3(CCc4c3nc(-c3cccnc3)[nH]c4=O)CC2)cnn1C. The van der Waals surface area contributed by atoms with Gasteiger partial charge < -0.3 is 4.98 Å². The van der Waals surface area contributed by atoms with E-state index in [9.17, 15) is 4.79 Å². The van der Waals surface area contributed by atoms with Crippen molar-refractivity contribution in [2.45, 2.75) is 44.6 Å². The molecule has 0 radical (unpaired) electrons. The van der Waals surface area contributed by atoms with Crippen LogP contribution in [-0.2, 0) is 25.4 Å². The van der Waals surface area contributed by atoms with Crippen molar-refractivity contribution in [3.05, 3.63) is 63.6 Å². The van der Waals surface area contributed by atoms with Crippen molar-refractivity contribution in [2.75, 3.05) is 13.1 Å². The van der Waals surface area contributed by atoms with Crippen molar-refractivity contribution < 1.29 is 0 Å². The van der Waals surface area contributed by atoms with Crippen LogP contribution in [-0.4, -0.2) is 42.7 Å². The zero-order chi connectivity index (χ0) is 20.0. The zero-order valence-corrected chi connectivity index (χ0v) is 17.0. The number of nitrogens with zero attached hydrogens (tertiary/aromatic N) is 5. The number of aromatic nitrogens is 5. The normalized spacial score (nSPS) is 18.3. The van der Waals surface area contributed by atoms with Crippen LogP contribution in [0.15, 0.2) is 35.5 Å². The third-order valence-corrected chi connectivity index (χ3v) is 6.85. The minimum Gasteiger partial charge on any atom is -0.306 e. The summed E-state index contributed by atoms with van der Waals surface area (Å²) >= 11 is 0. The molecule has 1 aliphatic heterocycles. The average molecular weight is 390 g/mol. The predicted molar refractivity (Wildman–Crippen MR) is 111 cm³/mol. The van der Waals surface area contributed by atoms with Gasteiger partial charge in [0.2, 0.25) is 0 Å². The second-order valence-corrected chi connectivity index (χ2v) is 8.42. The average Bonchev–Trinajstić information content (AvgIpc) is 3.26. The number of piperidine rings is 1. The Bertz CT molecular complexity index is 1090. The van der Waals surface area contributed by atoms with Crippen LogP contribution in [0, 0.1) is 6.92 Å². The summed E-state index contributed by atoms with van der Waals surface area (Å²) in [5, 5.41) is 4.37. The van der Waals surface area contributed by atoms with Gasteiger partial charge in [-0.1, -0.05) is 0 Å². The summed E-state index contributed by atoms with van der Waals surface area (Å²) in [6.45, 7) is 5.10. The molecule has 1 saturated heterocycles. The number of aromatic amines is 1. The first-order chi connectivity index (χ1) is 14.1. The quantitative estimate of drug-likeness (QED) is 0.743. The minimum absolute atomic E-state index is 0.0131. The lowest BCUT2D eigenvalue weighted by Gasteiger charge is -2.39. The summed E-state index contributed by atoms with van der Waals surface area (Å²) in [5.74, 6) is 0.636. The molecule has 150 valence electrons. The van der Waals surface area contributed by atoms with Gasteiger partial charge >= 0.3 is 0 Å². The van der Waals surface area contributed by atoms with E-state index in [4.69, 9.17) is 4.98 Å². The molecule has 0 atom stereocenters. The van der Waals surface area contributed by atoms with E-state index < -0.39 is 0 Å². The molecule has 29 heavy (non-hydrogen) atoms.